The number of aromatic nitrogens is 1. The molecule has 0 radical (unpaired) electrons. The molecule has 0 N–H and O–H groups in total. The largest absolute Gasteiger partial charge is 0.383 e. The maximum atomic E-state index is 13.2. The zero-order chi connectivity index (χ0) is 23.0. The van der Waals surface area contributed by atoms with E-state index in [2.05, 4.69) is 4.99 Å². The normalized spacial score (nSPS) is 18.1. The van der Waals surface area contributed by atoms with Crippen molar-refractivity contribution in [2.75, 3.05) is 20.3 Å². The molecule has 4 rings (SSSR count). The Labute approximate surface area is 207 Å². The average Bonchev–Trinajstić information content (AvgIpc) is 3.48. The van der Waals surface area contributed by atoms with E-state index in [-0.39, 0.29) is 10.8 Å². The Morgan fingerprint density at radius 3 is 2.62 bits per heavy atom. The Morgan fingerprint density at radius 1 is 1.19 bits per heavy atom. The Hall–Kier alpha value is -0.980. The topological polar surface area (TPSA) is 81.0 Å². The van der Waals surface area contributed by atoms with Gasteiger partial charge in [0.2, 0.25) is 0 Å². The van der Waals surface area contributed by atoms with Crippen LogP contribution in [-0.4, -0.2) is 49.5 Å². The van der Waals surface area contributed by atoms with Crippen molar-refractivity contribution in [3.8, 4) is 0 Å². The molecule has 13 heteroatoms. The standard InChI is InChI=1S/C19H18Cl3N3O4S3/c1-29-10-9-24-16-11(20)4-5-12(21)17(16)31-19(24)23-18(26)13-3-2-8-25(13)32(27,28)15-7-6-14(22)30-15/h4-7,13H,2-3,8-10H2,1H3. The molecule has 1 saturated heterocycles. The van der Waals surface area contributed by atoms with Gasteiger partial charge in [0, 0.05) is 20.2 Å². The molecule has 1 aliphatic rings. The van der Waals surface area contributed by atoms with Crippen LogP contribution in [0.3, 0.4) is 0 Å². The number of methoxy groups -OCH3 is 1. The lowest BCUT2D eigenvalue weighted by molar-refractivity contribution is -0.121. The van der Waals surface area contributed by atoms with Gasteiger partial charge in [-0.1, -0.05) is 46.1 Å². The number of benzene rings is 1. The summed E-state index contributed by atoms with van der Waals surface area (Å²) >= 11 is 20.9. The Morgan fingerprint density at radius 2 is 1.94 bits per heavy atom. The highest BCUT2D eigenvalue weighted by Gasteiger charge is 2.40. The molecule has 172 valence electrons. The zero-order valence-electron chi connectivity index (χ0n) is 16.8. The Kier molecular flexibility index (Phi) is 7.33. The lowest BCUT2D eigenvalue weighted by atomic mass is 10.2. The van der Waals surface area contributed by atoms with E-state index < -0.39 is 22.0 Å². The second kappa shape index (κ2) is 9.71. The molecule has 2 aromatic heterocycles. The second-order valence-corrected chi connectivity index (χ2v) is 12.6. The summed E-state index contributed by atoms with van der Waals surface area (Å²) < 4.78 is 35.5. The number of nitrogens with zero attached hydrogens (tertiary/aromatic N) is 3. The van der Waals surface area contributed by atoms with E-state index >= 15 is 0 Å². The highest BCUT2D eigenvalue weighted by Crippen LogP contribution is 2.34. The number of amides is 1. The lowest BCUT2D eigenvalue weighted by Crippen LogP contribution is -2.40. The number of carbonyl (C=O) groups is 1. The average molecular weight is 555 g/mol. The minimum absolute atomic E-state index is 0.109. The van der Waals surface area contributed by atoms with E-state index in [0.29, 0.717) is 55.4 Å². The van der Waals surface area contributed by atoms with Crippen molar-refractivity contribution in [2.45, 2.75) is 29.6 Å². The van der Waals surface area contributed by atoms with Crippen LogP contribution in [0.5, 0.6) is 0 Å². The first kappa shape index (κ1) is 24.2. The van der Waals surface area contributed by atoms with Gasteiger partial charge in [-0.15, -0.1) is 11.3 Å². The molecule has 0 spiro atoms. The van der Waals surface area contributed by atoms with Crippen LogP contribution in [0.25, 0.3) is 10.2 Å². The predicted molar refractivity (Wildman–Crippen MR) is 129 cm³/mol. The van der Waals surface area contributed by atoms with E-state index in [1.807, 2.05) is 0 Å². The molecule has 32 heavy (non-hydrogen) atoms. The molecular formula is C19H18Cl3N3O4S3. The fraction of sp³-hybridized carbons (Fsp3) is 0.368. The van der Waals surface area contributed by atoms with Crippen LogP contribution in [0.4, 0.5) is 0 Å². The number of halogens is 3. The van der Waals surface area contributed by atoms with E-state index in [1.165, 1.54) is 27.8 Å². The van der Waals surface area contributed by atoms with Crippen LogP contribution in [0, 0.1) is 0 Å². The summed E-state index contributed by atoms with van der Waals surface area (Å²) in [5, 5.41) is 0.972. The highest BCUT2D eigenvalue weighted by molar-refractivity contribution is 7.91. The monoisotopic (exact) mass is 553 g/mol. The fourth-order valence-electron chi connectivity index (χ4n) is 3.58. The first-order chi connectivity index (χ1) is 15.2. The number of sulfonamides is 1. The quantitative estimate of drug-likeness (QED) is 0.444. The van der Waals surface area contributed by atoms with Crippen LogP contribution in [0.15, 0.2) is 33.5 Å². The van der Waals surface area contributed by atoms with Gasteiger partial charge in [0.25, 0.3) is 15.9 Å². The van der Waals surface area contributed by atoms with E-state index in [9.17, 15) is 13.2 Å². The summed E-state index contributed by atoms with van der Waals surface area (Å²) in [7, 11) is -2.27. The first-order valence-corrected chi connectivity index (χ1v) is 13.8. The van der Waals surface area contributed by atoms with Crippen molar-refractivity contribution < 1.29 is 17.9 Å². The smallest absolute Gasteiger partial charge is 0.266 e. The third kappa shape index (κ3) is 4.52. The molecule has 3 heterocycles. The number of hydrogen-bond acceptors (Lipinski definition) is 6. The van der Waals surface area contributed by atoms with Gasteiger partial charge in [-0.2, -0.15) is 9.30 Å². The fourth-order valence-corrected chi connectivity index (χ4v) is 8.52. The SMILES string of the molecule is COCCn1c(=NC(=O)C2CCCN2S(=O)(=O)c2ccc(Cl)s2)sc2c(Cl)ccc(Cl)c21. The number of thiophene rings is 1. The predicted octanol–water partition coefficient (Wildman–Crippen LogP) is 4.65. The van der Waals surface area contributed by atoms with Gasteiger partial charge < -0.3 is 9.30 Å². The van der Waals surface area contributed by atoms with Crippen molar-refractivity contribution in [1.29, 1.82) is 0 Å². The van der Waals surface area contributed by atoms with Crippen LogP contribution < -0.4 is 4.80 Å². The summed E-state index contributed by atoms with van der Waals surface area (Å²) in [6.07, 6.45) is 0.961. The molecule has 1 unspecified atom stereocenters. The number of rotatable bonds is 6. The number of carbonyl (C=O) groups excluding carboxylic acids is 1. The first-order valence-electron chi connectivity index (χ1n) is 9.56. The minimum atomic E-state index is -3.85. The van der Waals surface area contributed by atoms with Crippen LogP contribution >= 0.6 is 57.5 Å². The van der Waals surface area contributed by atoms with Crippen LogP contribution in [0.2, 0.25) is 14.4 Å². The van der Waals surface area contributed by atoms with Gasteiger partial charge in [-0.05, 0) is 37.1 Å². The molecule has 1 atom stereocenters. The van der Waals surface area contributed by atoms with Gasteiger partial charge in [-0.25, -0.2) is 8.42 Å². The highest BCUT2D eigenvalue weighted by atomic mass is 35.5. The van der Waals surface area contributed by atoms with Crippen LogP contribution in [0.1, 0.15) is 12.8 Å². The summed E-state index contributed by atoms with van der Waals surface area (Å²) in [6, 6.07) is 5.47. The molecule has 0 saturated carbocycles. The minimum Gasteiger partial charge on any atom is -0.383 e. The molecule has 1 amide bonds. The summed E-state index contributed by atoms with van der Waals surface area (Å²) in [5.41, 5.74) is 0.664. The van der Waals surface area contributed by atoms with Gasteiger partial charge in [0.1, 0.15) is 10.3 Å². The molecule has 0 bridgehead atoms. The second-order valence-electron chi connectivity index (χ2n) is 7.02. The summed E-state index contributed by atoms with van der Waals surface area (Å²) in [4.78, 5) is 17.9. The Bertz CT molecular complexity index is 1350. The van der Waals surface area contributed by atoms with Crippen molar-refractivity contribution in [3.63, 3.8) is 0 Å². The van der Waals surface area contributed by atoms with Crippen molar-refractivity contribution in [1.82, 2.24) is 8.87 Å². The van der Waals surface area contributed by atoms with Gasteiger partial charge in [-0.3, -0.25) is 4.79 Å². The number of fused-ring (bicyclic) bond motifs is 1. The zero-order valence-corrected chi connectivity index (χ0v) is 21.5. The molecule has 1 aromatic carbocycles. The van der Waals surface area contributed by atoms with Crippen LogP contribution in [-0.2, 0) is 26.1 Å². The Balaban J connectivity index is 1.76. The lowest BCUT2D eigenvalue weighted by Gasteiger charge is -2.20. The van der Waals surface area contributed by atoms with Crippen molar-refractivity contribution >= 4 is 83.6 Å². The van der Waals surface area contributed by atoms with E-state index in [1.54, 1.807) is 23.8 Å². The van der Waals surface area contributed by atoms with Crippen molar-refractivity contribution in [3.05, 3.63) is 43.4 Å². The van der Waals surface area contributed by atoms with E-state index in [4.69, 9.17) is 39.5 Å². The molecule has 3 aromatic rings. The summed E-state index contributed by atoms with van der Waals surface area (Å²) in [5.74, 6) is -0.529. The number of ether oxygens (including phenoxy) is 1. The molecular weight excluding hydrogens is 537 g/mol. The molecule has 7 nitrogen and oxygen atoms in total. The molecule has 1 fully saturated rings. The third-order valence-electron chi connectivity index (χ3n) is 5.05. The van der Waals surface area contributed by atoms with Crippen molar-refractivity contribution in [2.24, 2.45) is 4.99 Å². The maximum Gasteiger partial charge on any atom is 0.266 e. The maximum absolute atomic E-state index is 13.2. The van der Waals surface area contributed by atoms with Gasteiger partial charge in [0.05, 0.1) is 31.2 Å². The number of hydrogen-bond donors (Lipinski definition) is 0. The third-order valence-corrected chi connectivity index (χ3v) is 10.5. The summed E-state index contributed by atoms with van der Waals surface area (Å²) in [6.45, 7) is 1.03. The van der Waals surface area contributed by atoms with Gasteiger partial charge >= 0.3 is 0 Å². The van der Waals surface area contributed by atoms with Gasteiger partial charge in [0.15, 0.2) is 4.80 Å². The number of thiazole rings is 1. The molecule has 1 aliphatic heterocycles. The van der Waals surface area contributed by atoms with E-state index in [0.717, 1.165) is 11.3 Å². The molecule has 0 aliphatic carbocycles.